The summed E-state index contributed by atoms with van der Waals surface area (Å²) in [7, 11) is 0. The maximum atomic E-state index is 5.71. The quantitative estimate of drug-likeness (QED) is 0.662. The van der Waals surface area contributed by atoms with Crippen LogP contribution in [0, 0.1) is 12.0 Å². The second-order valence-electron chi connectivity index (χ2n) is 6.28. The van der Waals surface area contributed by atoms with E-state index in [1.807, 2.05) is 18.3 Å². The van der Waals surface area contributed by atoms with Gasteiger partial charge in [-0.2, -0.15) is 9.97 Å². The Morgan fingerprint density at radius 1 is 1.24 bits per heavy atom. The number of benzene rings is 1. The molecule has 1 aromatic carbocycles. The van der Waals surface area contributed by atoms with Crippen LogP contribution in [-0.2, 0) is 0 Å². The molecule has 3 heterocycles. The number of hydrogen-bond acceptors (Lipinski definition) is 6. The van der Waals surface area contributed by atoms with Crippen molar-refractivity contribution in [1.82, 2.24) is 15.0 Å². The maximum Gasteiger partial charge on any atom is 0.231 e. The van der Waals surface area contributed by atoms with E-state index in [1.54, 1.807) is 6.07 Å². The minimum Gasteiger partial charge on any atom is -0.485 e. The van der Waals surface area contributed by atoms with E-state index in [2.05, 4.69) is 45.5 Å². The van der Waals surface area contributed by atoms with Crippen LogP contribution < -0.4 is 20.1 Å². The number of anilines is 3. The zero-order valence-corrected chi connectivity index (χ0v) is 14.2. The van der Waals surface area contributed by atoms with Crippen LogP contribution in [0.1, 0.15) is 13.8 Å². The monoisotopic (exact) mass is 338 g/mol. The Kier molecular flexibility index (Phi) is 4.05. The molecule has 0 amide bonds. The summed E-state index contributed by atoms with van der Waals surface area (Å²) in [6, 6.07) is 8.67. The van der Waals surface area contributed by atoms with Gasteiger partial charge in [0.05, 0.1) is 11.1 Å². The van der Waals surface area contributed by atoms with E-state index < -0.39 is 0 Å². The average molecular weight is 338 g/mol. The zero-order chi connectivity index (χ0) is 17.2. The Balaban J connectivity index is 1.68. The Bertz CT molecular complexity index is 890. The van der Waals surface area contributed by atoms with E-state index in [0.29, 0.717) is 36.6 Å². The van der Waals surface area contributed by atoms with Gasteiger partial charge in [-0.05, 0) is 24.1 Å². The fourth-order valence-corrected chi connectivity index (χ4v) is 2.65. The number of nitrogens with one attached hydrogen (secondary N) is 3. The smallest absolute Gasteiger partial charge is 0.231 e. The van der Waals surface area contributed by atoms with E-state index >= 15 is 0 Å². The van der Waals surface area contributed by atoms with Crippen LogP contribution >= 0.6 is 0 Å². The van der Waals surface area contributed by atoms with Crippen molar-refractivity contribution in [3.8, 4) is 11.5 Å². The molecule has 0 aliphatic carbocycles. The predicted octanol–water partition coefficient (Wildman–Crippen LogP) is 3.34. The highest BCUT2D eigenvalue weighted by molar-refractivity contribution is 5.88. The molecule has 3 N–H and O–H groups in total. The summed E-state index contributed by atoms with van der Waals surface area (Å²) in [4.78, 5) is 12.3. The van der Waals surface area contributed by atoms with E-state index in [4.69, 9.17) is 9.47 Å². The van der Waals surface area contributed by atoms with Gasteiger partial charge in [0.2, 0.25) is 5.95 Å². The fourth-order valence-electron chi connectivity index (χ4n) is 2.65. The summed E-state index contributed by atoms with van der Waals surface area (Å²) < 4.78 is 11.3. The fraction of sp³-hybridized carbons (Fsp3) is 0.333. The standard InChI is InChI=1S/C18H20N5O2/c1-11(2)10-20-17-12-6-7-19-16(12)22-18(23-17)21-13-4-3-5-14-15(13)25-9-8-24-14/h3-4,6-7,11H,8-10H2,1-2H3,(H3,19,20,21,22,23). The lowest BCUT2D eigenvalue weighted by Gasteiger charge is -2.21. The first kappa shape index (κ1) is 15.6. The molecule has 0 bridgehead atoms. The number of aromatic nitrogens is 3. The van der Waals surface area contributed by atoms with Gasteiger partial charge >= 0.3 is 0 Å². The first-order chi connectivity index (χ1) is 12.2. The minimum absolute atomic E-state index is 0.490. The molecule has 0 unspecified atom stereocenters. The molecule has 4 rings (SSSR count). The molecule has 0 spiro atoms. The normalized spacial score (nSPS) is 13.2. The second-order valence-corrected chi connectivity index (χ2v) is 6.28. The molecule has 1 aliphatic heterocycles. The second kappa shape index (κ2) is 6.51. The van der Waals surface area contributed by atoms with Crippen molar-refractivity contribution in [2.24, 2.45) is 5.92 Å². The van der Waals surface area contributed by atoms with Crippen LogP contribution in [0.2, 0.25) is 0 Å². The summed E-state index contributed by atoms with van der Waals surface area (Å²) in [5.41, 5.74) is 1.53. The van der Waals surface area contributed by atoms with Crippen LogP contribution in [0.15, 0.2) is 24.4 Å². The van der Waals surface area contributed by atoms with Crippen molar-refractivity contribution >= 4 is 28.5 Å². The molecule has 0 atom stereocenters. The number of nitrogens with zero attached hydrogens (tertiary/aromatic N) is 2. The summed E-state index contributed by atoms with van der Waals surface area (Å²) in [5.74, 6) is 3.05. The summed E-state index contributed by atoms with van der Waals surface area (Å²) in [6.07, 6.45) is 1.86. The molecule has 0 saturated carbocycles. The molecule has 25 heavy (non-hydrogen) atoms. The minimum atomic E-state index is 0.490. The highest BCUT2D eigenvalue weighted by Crippen LogP contribution is 2.38. The molecule has 7 nitrogen and oxygen atoms in total. The van der Waals surface area contributed by atoms with Gasteiger partial charge in [0.1, 0.15) is 24.7 Å². The van der Waals surface area contributed by atoms with Crippen molar-refractivity contribution in [2.75, 3.05) is 30.4 Å². The zero-order valence-electron chi connectivity index (χ0n) is 14.2. The van der Waals surface area contributed by atoms with Gasteiger partial charge in [0.15, 0.2) is 11.5 Å². The highest BCUT2D eigenvalue weighted by Gasteiger charge is 2.17. The summed E-state index contributed by atoms with van der Waals surface area (Å²) in [5, 5.41) is 7.59. The van der Waals surface area contributed by atoms with Crippen molar-refractivity contribution in [1.29, 1.82) is 0 Å². The molecule has 3 aromatic rings. The Morgan fingerprint density at radius 3 is 3.00 bits per heavy atom. The van der Waals surface area contributed by atoms with Crippen molar-refractivity contribution in [3.05, 3.63) is 30.5 Å². The van der Waals surface area contributed by atoms with Gasteiger partial charge in [-0.3, -0.25) is 0 Å². The van der Waals surface area contributed by atoms with Crippen molar-refractivity contribution in [2.45, 2.75) is 13.8 Å². The lowest BCUT2D eigenvalue weighted by molar-refractivity contribution is 0.172. The summed E-state index contributed by atoms with van der Waals surface area (Å²) in [6.45, 7) is 6.19. The summed E-state index contributed by atoms with van der Waals surface area (Å²) >= 11 is 0. The van der Waals surface area contributed by atoms with Gasteiger partial charge in [-0.25, -0.2) is 0 Å². The van der Waals surface area contributed by atoms with Gasteiger partial charge in [-0.15, -0.1) is 0 Å². The molecular formula is C18H20N5O2. The molecule has 0 fully saturated rings. The number of aromatic amines is 1. The third kappa shape index (κ3) is 3.17. The highest BCUT2D eigenvalue weighted by atomic mass is 16.6. The van der Waals surface area contributed by atoms with Gasteiger partial charge in [0.25, 0.3) is 0 Å². The lowest BCUT2D eigenvalue weighted by atomic mass is 10.2. The number of hydrogen-bond donors (Lipinski definition) is 3. The van der Waals surface area contributed by atoms with E-state index in [-0.39, 0.29) is 0 Å². The third-order valence-electron chi connectivity index (χ3n) is 3.83. The van der Waals surface area contributed by atoms with E-state index in [1.165, 1.54) is 0 Å². The topological polar surface area (TPSA) is 84.1 Å². The first-order valence-corrected chi connectivity index (χ1v) is 8.37. The van der Waals surface area contributed by atoms with Crippen molar-refractivity contribution in [3.63, 3.8) is 0 Å². The van der Waals surface area contributed by atoms with Crippen LogP contribution in [0.4, 0.5) is 17.5 Å². The number of ether oxygens (including phenoxy) is 2. The number of rotatable bonds is 5. The van der Waals surface area contributed by atoms with Crippen LogP contribution in [0.5, 0.6) is 11.5 Å². The van der Waals surface area contributed by atoms with Gasteiger partial charge in [0, 0.05) is 18.8 Å². The predicted molar refractivity (Wildman–Crippen MR) is 96.8 cm³/mol. The average Bonchev–Trinajstić information content (AvgIpc) is 3.08. The molecule has 129 valence electrons. The molecule has 2 aromatic heterocycles. The molecular weight excluding hydrogens is 318 g/mol. The molecule has 7 heteroatoms. The molecule has 1 aliphatic rings. The van der Waals surface area contributed by atoms with Crippen LogP contribution in [-0.4, -0.2) is 34.7 Å². The largest absolute Gasteiger partial charge is 0.485 e. The van der Waals surface area contributed by atoms with E-state index in [0.717, 1.165) is 29.1 Å². The van der Waals surface area contributed by atoms with Gasteiger partial charge in [-0.1, -0.05) is 13.8 Å². The molecule has 1 radical (unpaired) electrons. The Labute approximate surface area is 145 Å². The SMILES string of the molecule is CC(C)CNc1nc(Nc2cc[c]c3c2OCCO3)nc2[nH]ccc12. The number of H-pyrrole nitrogens is 1. The number of fused-ring (bicyclic) bond motifs is 2. The Morgan fingerprint density at radius 2 is 2.12 bits per heavy atom. The third-order valence-corrected chi connectivity index (χ3v) is 3.83. The lowest BCUT2D eigenvalue weighted by Crippen LogP contribution is -2.16. The van der Waals surface area contributed by atoms with Crippen LogP contribution in [0.25, 0.3) is 11.0 Å². The van der Waals surface area contributed by atoms with Crippen molar-refractivity contribution < 1.29 is 9.47 Å². The Hall–Kier alpha value is -2.96. The molecule has 0 saturated heterocycles. The van der Waals surface area contributed by atoms with E-state index in [9.17, 15) is 0 Å². The van der Waals surface area contributed by atoms with Crippen LogP contribution in [0.3, 0.4) is 0 Å². The maximum absolute atomic E-state index is 5.71. The van der Waals surface area contributed by atoms with Gasteiger partial charge < -0.3 is 25.1 Å². The first-order valence-electron chi connectivity index (χ1n) is 8.37.